The van der Waals surface area contributed by atoms with E-state index in [1.165, 1.54) is 6.20 Å². The molecule has 5 nitrogen and oxygen atoms in total. The third kappa shape index (κ3) is 5.45. The van der Waals surface area contributed by atoms with E-state index in [0.717, 1.165) is 29.3 Å². The summed E-state index contributed by atoms with van der Waals surface area (Å²) in [5, 5.41) is 2.74. The van der Waals surface area contributed by atoms with Crippen LogP contribution in [0.2, 0.25) is 0 Å². The molecule has 0 bridgehead atoms. The normalized spacial score (nSPS) is 12.8. The summed E-state index contributed by atoms with van der Waals surface area (Å²) >= 11 is 0. The van der Waals surface area contributed by atoms with Gasteiger partial charge < -0.3 is 9.88 Å². The van der Waals surface area contributed by atoms with Crippen LogP contribution in [-0.4, -0.2) is 35.0 Å². The van der Waals surface area contributed by atoms with Gasteiger partial charge in [0.1, 0.15) is 12.1 Å². The van der Waals surface area contributed by atoms with Crippen molar-refractivity contribution < 1.29 is 18.0 Å². The van der Waals surface area contributed by atoms with Gasteiger partial charge in [-0.15, -0.1) is 0 Å². The number of pyridine rings is 1. The fourth-order valence-corrected chi connectivity index (χ4v) is 3.10. The SMILES string of the molecule is CCN(CC)C(CNC(=O)Cn1cccc(C(F)(F)F)c1=O)c1ccccc1. The number of rotatable bonds is 8. The topological polar surface area (TPSA) is 54.3 Å². The smallest absolute Gasteiger partial charge is 0.353 e. The molecule has 1 N–H and O–H groups in total. The largest absolute Gasteiger partial charge is 0.421 e. The molecule has 1 amide bonds. The molecule has 0 saturated heterocycles. The second-order valence-corrected chi connectivity index (χ2v) is 6.30. The number of aromatic nitrogens is 1. The highest BCUT2D eigenvalue weighted by Gasteiger charge is 2.34. The van der Waals surface area contributed by atoms with Crippen LogP contribution in [0.15, 0.2) is 53.5 Å². The molecule has 0 spiro atoms. The standard InChI is InChI=1S/C20H24F3N3O2/c1-3-25(4-2)17(15-9-6-5-7-10-15)13-24-18(27)14-26-12-8-11-16(19(26)28)20(21,22)23/h5-12,17H,3-4,13-14H2,1-2H3,(H,24,27). The number of benzene rings is 1. The van der Waals surface area contributed by atoms with Crippen molar-refractivity contribution in [1.82, 2.24) is 14.8 Å². The first-order valence-electron chi connectivity index (χ1n) is 9.10. The number of hydrogen-bond donors (Lipinski definition) is 1. The Bertz CT molecular complexity index is 831. The predicted molar refractivity (Wildman–Crippen MR) is 101 cm³/mol. The first kappa shape index (κ1) is 21.7. The average molecular weight is 395 g/mol. The van der Waals surface area contributed by atoms with Crippen LogP contribution < -0.4 is 10.9 Å². The summed E-state index contributed by atoms with van der Waals surface area (Å²) in [6.07, 6.45) is -3.58. The molecule has 152 valence electrons. The van der Waals surface area contributed by atoms with Crippen molar-refractivity contribution in [2.45, 2.75) is 32.6 Å². The molecule has 1 unspecified atom stereocenters. The van der Waals surface area contributed by atoms with E-state index in [9.17, 15) is 22.8 Å². The molecule has 2 aromatic rings. The Morgan fingerprint density at radius 1 is 1.11 bits per heavy atom. The van der Waals surface area contributed by atoms with Crippen molar-refractivity contribution in [3.63, 3.8) is 0 Å². The summed E-state index contributed by atoms with van der Waals surface area (Å²) in [5.41, 5.74) is -1.48. The summed E-state index contributed by atoms with van der Waals surface area (Å²) in [4.78, 5) is 26.4. The van der Waals surface area contributed by atoms with Crippen LogP contribution in [0.3, 0.4) is 0 Å². The number of carbonyl (C=O) groups is 1. The fraction of sp³-hybridized carbons (Fsp3) is 0.400. The van der Waals surface area contributed by atoms with Crippen molar-refractivity contribution in [3.05, 3.63) is 70.1 Å². The molecular weight excluding hydrogens is 371 g/mol. The second kappa shape index (κ2) is 9.54. The lowest BCUT2D eigenvalue weighted by atomic mass is 10.1. The number of likely N-dealkylation sites (N-methyl/N-ethyl adjacent to an activating group) is 1. The zero-order valence-electron chi connectivity index (χ0n) is 15.9. The van der Waals surface area contributed by atoms with Crippen molar-refractivity contribution >= 4 is 5.91 Å². The van der Waals surface area contributed by atoms with Crippen molar-refractivity contribution in [2.24, 2.45) is 0 Å². The van der Waals surface area contributed by atoms with Gasteiger partial charge in [0.2, 0.25) is 5.91 Å². The molecule has 1 aromatic heterocycles. The molecule has 1 aromatic carbocycles. The minimum absolute atomic E-state index is 0.0709. The number of nitrogens with one attached hydrogen (secondary N) is 1. The van der Waals surface area contributed by atoms with E-state index >= 15 is 0 Å². The summed E-state index contributed by atoms with van der Waals surface area (Å²) in [7, 11) is 0. The number of amides is 1. The quantitative estimate of drug-likeness (QED) is 0.748. The van der Waals surface area contributed by atoms with Gasteiger partial charge in [-0.1, -0.05) is 44.2 Å². The molecule has 0 saturated carbocycles. The minimum atomic E-state index is -4.75. The molecule has 0 aliphatic carbocycles. The van der Waals surface area contributed by atoms with Gasteiger partial charge in [0.15, 0.2) is 0 Å². The van der Waals surface area contributed by atoms with Crippen LogP contribution >= 0.6 is 0 Å². The Labute approximate surface area is 161 Å². The van der Waals surface area contributed by atoms with Gasteiger partial charge in [-0.05, 0) is 30.8 Å². The minimum Gasteiger partial charge on any atom is -0.353 e. The van der Waals surface area contributed by atoms with Crippen LogP contribution in [0, 0.1) is 0 Å². The summed E-state index contributed by atoms with van der Waals surface area (Å²) in [6.45, 7) is 5.41. The maximum atomic E-state index is 12.9. The van der Waals surface area contributed by atoms with Crippen LogP contribution in [0.4, 0.5) is 13.2 Å². The zero-order chi connectivity index (χ0) is 20.7. The third-order valence-corrected chi connectivity index (χ3v) is 4.57. The van der Waals surface area contributed by atoms with Crippen LogP contribution in [-0.2, 0) is 17.5 Å². The summed E-state index contributed by atoms with van der Waals surface area (Å²) in [6, 6.07) is 11.4. The van der Waals surface area contributed by atoms with Crippen molar-refractivity contribution in [3.8, 4) is 0 Å². The van der Waals surface area contributed by atoms with E-state index in [1.54, 1.807) is 0 Å². The molecule has 28 heavy (non-hydrogen) atoms. The highest BCUT2D eigenvalue weighted by atomic mass is 19.4. The van der Waals surface area contributed by atoms with E-state index in [2.05, 4.69) is 10.2 Å². The van der Waals surface area contributed by atoms with Gasteiger partial charge in [0.05, 0.1) is 6.04 Å². The molecule has 0 aliphatic rings. The van der Waals surface area contributed by atoms with Gasteiger partial charge in [-0.2, -0.15) is 13.2 Å². The van der Waals surface area contributed by atoms with E-state index in [1.807, 2.05) is 44.2 Å². The highest BCUT2D eigenvalue weighted by molar-refractivity contribution is 5.75. The van der Waals surface area contributed by atoms with Crippen molar-refractivity contribution in [2.75, 3.05) is 19.6 Å². The number of carbonyl (C=O) groups excluding carboxylic acids is 1. The van der Waals surface area contributed by atoms with Gasteiger partial charge >= 0.3 is 6.18 Å². The number of hydrogen-bond acceptors (Lipinski definition) is 3. The van der Waals surface area contributed by atoms with Crippen molar-refractivity contribution in [1.29, 1.82) is 0 Å². The molecule has 0 aliphatic heterocycles. The first-order chi connectivity index (χ1) is 13.3. The Balaban J connectivity index is 2.11. The number of alkyl halides is 3. The lowest BCUT2D eigenvalue weighted by Crippen LogP contribution is -2.40. The van der Waals surface area contributed by atoms with E-state index in [0.29, 0.717) is 6.07 Å². The van der Waals surface area contributed by atoms with E-state index in [4.69, 9.17) is 0 Å². The molecule has 8 heteroatoms. The number of nitrogens with zero attached hydrogens (tertiary/aromatic N) is 2. The van der Waals surface area contributed by atoms with Gasteiger partial charge in [-0.3, -0.25) is 14.5 Å². The zero-order valence-corrected chi connectivity index (χ0v) is 15.9. The van der Waals surface area contributed by atoms with Gasteiger partial charge in [0.25, 0.3) is 5.56 Å². The van der Waals surface area contributed by atoms with Crippen LogP contribution in [0.25, 0.3) is 0 Å². The van der Waals surface area contributed by atoms with Crippen LogP contribution in [0.5, 0.6) is 0 Å². The Hall–Kier alpha value is -2.61. The maximum Gasteiger partial charge on any atom is 0.421 e. The second-order valence-electron chi connectivity index (χ2n) is 6.30. The lowest BCUT2D eigenvalue weighted by molar-refractivity contribution is -0.139. The Morgan fingerprint density at radius 2 is 1.75 bits per heavy atom. The van der Waals surface area contributed by atoms with Gasteiger partial charge in [-0.25, -0.2) is 0 Å². The fourth-order valence-electron chi connectivity index (χ4n) is 3.10. The number of halogens is 3. The highest BCUT2D eigenvalue weighted by Crippen LogP contribution is 2.26. The van der Waals surface area contributed by atoms with E-state index < -0.39 is 29.8 Å². The Kier molecular flexibility index (Phi) is 7.39. The van der Waals surface area contributed by atoms with Crippen LogP contribution in [0.1, 0.15) is 31.0 Å². The van der Waals surface area contributed by atoms with E-state index in [-0.39, 0.29) is 12.6 Å². The molecular formula is C20H24F3N3O2. The third-order valence-electron chi connectivity index (χ3n) is 4.57. The lowest BCUT2D eigenvalue weighted by Gasteiger charge is -2.30. The molecule has 1 atom stereocenters. The first-order valence-corrected chi connectivity index (χ1v) is 9.10. The average Bonchev–Trinajstić information content (AvgIpc) is 2.66. The monoisotopic (exact) mass is 395 g/mol. The molecule has 0 fully saturated rings. The molecule has 1 heterocycles. The molecule has 2 rings (SSSR count). The predicted octanol–water partition coefficient (Wildman–Crippen LogP) is 3.07. The summed E-state index contributed by atoms with van der Waals surface area (Å²) in [5.74, 6) is -0.519. The summed E-state index contributed by atoms with van der Waals surface area (Å²) < 4.78 is 39.3. The Morgan fingerprint density at radius 3 is 2.32 bits per heavy atom. The maximum absolute atomic E-state index is 12.9. The van der Waals surface area contributed by atoms with Gasteiger partial charge in [0, 0.05) is 12.7 Å². The molecule has 0 radical (unpaired) electrons.